The van der Waals surface area contributed by atoms with Crippen molar-refractivity contribution in [2.75, 3.05) is 26.4 Å². The van der Waals surface area contributed by atoms with Crippen LogP contribution in [0.25, 0.3) is 0 Å². The third-order valence-electron chi connectivity index (χ3n) is 10.3. The van der Waals surface area contributed by atoms with Crippen LogP contribution < -0.4 is 0 Å². The van der Waals surface area contributed by atoms with Crippen LogP contribution in [-0.2, 0) is 28.4 Å². The van der Waals surface area contributed by atoms with E-state index in [1.54, 1.807) is 13.0 Å². The van der Waals surface area contributed by atoms with E-state index < -0.39 is 118 Å². The van der Waals surface area contributed by atoms with Crippen molar-refractivity contribution >= 4 is 0 Å². The Morgan fingerprint density at radius 1 is 0.582 bits per heavy atom. The molecule has 0 spiro atoms. The average molecular weight is 793 g/mol. The Balaban J connectivity index is 1.46. The van der Waals surface area contributed by atoms with Gasteiger partial charge in [-0.05, 0) is 66.2 Å². The molecule has 16 atom stereocenters. The van der Waals surface area contributed by atoms with Crippen LogP contribution >= 0.6 is 0 Å². The molecule has 0 aromatic carbocycles. The van der Waals surface area contributed by atoms with Crippen LogP contribution in [0, 0.1) is 0 Å². The van der Waals surface area contributed by atoms with Crippen molar-refractivity contribution in [3.8, 4) is 0 Å². The van der Waals surface area contributed by atoms with Crippen molar-refractivity contribution in [2.45, 2.75) is 164 Å². The van der Waals surface area contributed by atoms with Gasteiger partial charge >= 0.3 is 0 Å². The highest BCUT2D eigenvalue weighted by Gasteiger charge is 2.51. The monoisotopic (exact) mass is 792 g/mol. The number of rotatable bonds is 20. The summed E-state index contributed by atoms with van der Waals surface area (Å²) in [4.78, 5) is 0. The van der Waals surface area contributed by atoms with Crippen molar-refractivity contribution in [1.82, 2.24) is 0 Å². The van der Waals surface area contributed by atoms with Gasteiger partial charge in [-0.15, -0.1) is 6.58 Å². The molecule has 55 heavy (non-hydrogen) atoms. The molecule has 0 aromatic rings. The van der Waals surface area contributed by atoms with Crippen molar-refractivity contribution in [3.63, 3.8) is 0 Å². The standard InChI is InChI=1S/C38H64O17/c1-6-38(5,55-36-33(49)30(46)27(43)24(17-40)52-36)15-9-14-21(3)11-7-10-20(2)12-8-13-22(4)19-50-37-34(31(47)28(44)25(18-41)53-37)54-35-32(48)29(45)26(42)23(16-39)51-35/h6,10,13-14,23-37,39-49H,1,7-9,11-12,15-19H2,2-5H3. The molecule has 0 aromatic heterocycles. The molecule has 318 valence electrons. The summed E-state index contributed by atoms with van der Waals surface area (Å²) >= 11 is 0. The van der Waals surface area contributed by atoms with E-state index in [4.69, 9.17) is 28.4 Å². The fourth-order valence-electron chi connectivity index (χ4n) is 6.48. The lowest BCUT2D eigenvalue weighted by Crippen LogP contribution is -2.64. The van der Waals surface area contributed by atoms with Gasteiger partial charge in [-0.25, -0.2) is 0 Å². The minimum Gasteiger partial charge on any atom is -0.394 e. The van der Waals surface area contributed by atoms with E-state index in [0.29, 0.717) is 19.3 Å². The number of hydrogen-bond donors (Lipinski definition) is 11. The lowest BCUT2D eigenvalue weighted by atomic mass is 9.96. The van der Waals surface area contributed by atoms with E-state index in [0.717, 1.165) is 24.8 Å². The highest BCUT2D eigenvalue weighted by Crippen LogP contribution is 2.31. The molecule has 11 N–H and O–H groups in total. The summed E-state index contributed by atoms with van der Waals surface area (Å²) in [5.41, 5.74) is 2.29. The number of hydrogen-bond acceptors (Lipinski definition) is 17. The molecule has 3 aliphatic heterocycles. The maximum Gasteiger partial charge on any atom is 0.187 e. The normalized spacial score (nSPS) is 39.2. The Labute approximate surface area is 322 Å². The molecule has 0 saturated carbocycles. The van der Waals surface area contributed by atoms with E-state index in [9.17, 15) is 56.2 Å². The maximum absolute atomic E-state index is 10.8. The Hall–Kier alpha value is -1.72. The van der Waals surface area contributed by atoms with Gasteiger partial charge in [0.15, 0.2) is 18.9 Å². The first kappa shape index (κ1) is 47.7. The van der Waals surface area contributed by atoms with Gasteiger partial charge in [-0.1, -0.05) is 41.0 Å². The Kier molecular flexibility index (Phi) is 19.4. The van der Waals surface area contributed by atoms with Crippen molar-refractivity contribution in [2.24, 2.45) is 0 Å². The zero-order chi connectivity index (χ0) is 41.0. The number of allylic oxidation sites excluding steroid dienone is 5. The zero-order valence-electron chi connectivity index (χ0n) is 32.1. The van der Waals surface area contributed by atoms with Gasteiger partial charge in [0.2, 0.25) is 0 Å². The molecule has 0 amide bonds. The molecule has 3 aliphatic rings. The molecule has 3 saturated heterocycles. The van der Waals surface area contributed by atoms with Gasteiger partial charge < -0.3 is 84.6 Å². The fraction of sp³-hybridized carbons (Fsp3) is 0.789. The minimum atomic E-state index is -1.76. The number of aliphatic hydroxyl groups is 11. The lowest BCUT2D eigenvalue weighted by molar-refractivity contribution is -0.366. The van der Waals surface area contributed by atoms with Crippen molar-refractivity contribution in [3.05, 3.63) is 47.6 Å². The molecule has 17 nitrogen and oxygen atoms in total. The largest absolute Gasteiger partial charge is 0.394 e. The van der Waals surface area contributed by atoms with Gasteiger partial charge in [-0.2, -0.15) is 0 Å². The first-order chi connectivity index (χ1) is 26.0. The SMILES string of the molecule is C=CC(C)(CCC=C(C)CCC=C(C)CCC=C(C)COC1OC(CO)C(O)C(O)C1OC1OC(CO)C(O)C(O)C1O)OC1OC(CO)C(O)C(O)C1O. The van der Waals surface area contributed by atoms with Gasteiger partial charge in [-0.3, -0.25) is 0 Å². The average Bonchev–Trinajstić information content (AvgIpc) is 3.16. The van der Waals surface area contributed by atoms with Gasteiger partial charge in [0.05, 0.1) is 32.0 Å². The maximum atomic E-state index is 10.8. The highest BCUT2D eigenvalue weighted by molar-refractivity contribution is 5.07. The van der Waals surface area contributed by atoms with E-state index in [-0.39, 0.29) is 6.61 Å². The second-order valence-corrected chi connectivity index (χ2v) is 14.9. The highest BCUT2D eigenvalue weighted by atomic mass is 16.8. The van der Waals surface area contributed by atoms with E-state index in [2.05, 4.69) is 18.7 Å². The molecular formula is C38H64O17. The van der Waals surface area contributed by atoms with Gasteiger partial charge in [0.25, 0.3) is 0 Å². The predicted octanol–water partition coefficient (Wildman–Crippen LogP) is -1.43. The molecule has 0 aliphatic carbocycles. The van der Waals surface area contributed by atoms with Crippen molar-refractivity contribution in [1.29, 1.82) is 0 Å². The zero-order valence-corrected chi connectivity index (χ0v) is 32.1. The number of ether oxygens (including phenoxy) is 6. The molecule has 3 heterocycles. The summed E-state index contributed by atoms with van der Waals surface area (Å²) < 4.78 is 34.1. The summed E-state index contributed by atoms with van der Waals surface area (Å²) in [7, 11) is 0. The third kappa shape index (κ3) is 13.1. The first-order valence-electron chi connectivity index (χ1n) is 18.8. The summed E-state index contributed by atoms with van der Waals surface area (Å²) in [5, 5.41) is 111. The number of aliphatic hydroxyl groups excluding tert-OH is 11. The van der Waals surface area contributed by atoms with Crippen LogP contribution in [0.4, 0.5) is 0 Å². The van der Waals surface area contributed by atoms with Gasteiger partial charge in [0, 0.05) is 0 Å². The quantitative estimate of drug-likeness (QED) is 0.0631. The molecule has 0 bridgehead atoms. The van der Waals surface area contributed by atoms with E-state index in [1.807, 2.05) is 26.8 Å². The first-order valence-corrected chi connectivity index (χ1v) is 18.8. The molecule has 3 fully saturated rings. The van der Waals surface area contributed by atoms with Crippen LogP contribution in [0.2, 0.25) is 0 Å². The minimum absolute atomic E-state index is 0.0331. The third-order valence-corrected chi connectivity index (χ3v) is 10.3. The van der Waals surface area contributed by atoms with Crippen LogP contribution in [0.15, 0.2) is 47.6 Å². The molecule has 3 rings (SSSR count). The summed E-state index contributed by atoms with van der Waals surface area (Å²) in [5.74, 6) is 0. The lowest BCUT2D eigenvalue weighted by Gasteiger charge is -2.45. The van der Waals surface area contributed by atoms with Crippen LogP contribution in [0.3, 0.4) is 0 Å². The Morgan fingerprint density at radius 2 is 1.02 bits per heavy atom. The van der Waals surface area contributed by atoms with E-state index in [1.165, 1.54) is 11.1 Å². The van der Waals surface area contributed by atoms with E-state index >= 15 is 0 Å². The molecule has 0 radical (unpaired) electrons. The summed E-state index contributed by atoms with van der Waals surface area (Å²) in [6, 6.07) is 0. The van der Waals surface area contributed by atoms with Crippen LogP contribution in [0.5, 0.6) is 0 Å². The second kappa shape index (κ2) is 22.4. The van der Waals surface area contributed by atoms with Gasteiger partial charge in [0.1, 0.15) is 73.2 Å². The van der Waals surface area contributed by atoms with Crippen LogP contribution in [-0.4, -0.2) is 180 Å². The smallest absolute Gasteiger partial charge is 0.187 e. The Morgan fingerprint density at radius 3 is 1.53 bits per heavy atom. The Bertz CT molecular complexity index is 1260. The van der Waals surface area contributed by atoms with Crippen molar-refractivity contribution < 1.29 is 84.6 Å². The van der Waals surface area contributed by atoms with Crippen LogP contribution in [0.1, 0.15) is 66.2 Å². The molecule has 16 unspecified atom stereocenters. The molecule has 17 heteroatoms. The summed E-state index contributed by atoms with van der Waals surface area (Å²) in [6.07, 6.45) is -9.81. The second-order valence-electron chi connectivity index (χ2n) is 14.9. The topological polar surface area (TPSA) is 278 Å². The molecular weight excluding hydrogens is 728 g/mol. The summed E-state index contributed by atoms with van der Waals surface area (Å²) in [6.45, 7) is 9.72. The fourth-order valence-corrected chi connectivity index (χ4v) is 6.48. The predicted molar refractivity (Wildman–Crippen MR) is 195 cm³/mol.